The minimum absolute atomic E-state index is 0.0237. The second-order valence-corrected chi connectivity index (χ2v) is 10.3. The number of benzene rings is 4. The molecule has 9 nitrogen and oxygen atoms in total. The Balaban J connectivity index is 0.000000153. The molecule has 2 aliphatic heterocycles. The minimum atomic E-state index is -1.54. The molecule has 1 fully saturated rings. The van der Waals surface area contributed by atoms with E-state index in [4.69, 9.17) is 18.6 Å². The normalized spacial score (nSPS) is 23.8. The Labute approximate surface area is 246 Å². The van der Waals surface area contributed by atoms with Crippen molar-refractivity contribution in [2.75, 3.05) is 6.61 Å². The van der Waals surface area contributed by atoms with E-state index >= 15 is 0 Å². The topological polar surface area (TPSA) is 139 Å². The van der Waals surface area contributed by atoms with E-state index < -0.39 is 48.3 Å². The molecule has 7 rings (SSSR count). The summed E-state index contributed by atoms with van der Waals surface area (Å²) in [4.78, 5) is 12.5. The lowest BCUT2D eigenvalue weighted by molar-refractivity contribution is -0.232. The molecule has 0 bridgehead atoms. The molecular formula is C34H30O9. The third-order valence-corrected chi connectivity index (χ3v) is 7.57. The third kappa shape index (κ3) is 5.29. The van der Waals surface area contributed by atoms with Gasteiger partial charge in [0.15, 0.2) is 16.9 Å². The standard InChI is InChI=1S/C19H14O2.C15H16O7/c1-3-9-15(10-4-1)19(16-11-5-2-6-12-16)20-17-13-7-8-14-18(17)21-19;16-5-10-12(18)13(19)14(20)15(22-10)8-6-21-9-4-2-1-3-7(9)11(8)17/h1-14H;1-4,6,10,12-16,18-20H,5H2/t;10-,12-,13+,14-,15+/m.1/s1. The molecule has 0 aliphatic carbocycles. The maximum Gasteiger partial charge on any atom is 0.305 e. The van der Waals surface area contributed by atoms with E-state index in [9.17, 15) is 25.2 Å². The van der Waals surface area contributed by atoms with Crippen molar-refractivity contribution in [2.45, 2.75) is 36.3 Å². The van der Waals surface area contributed by atoms with Crippen LogP contribution in [0.15, 0.2) is 125 Å². The molecule has 5 aromatic rings. The fraction of sp³-hybridized carbons (Fsp3) is 0.206. The van der Waals surface area contributed by atoms with Gasteiger partial charge >= 0.3 is 5.79 Å². The number of rotatable bonds is 4. The predicted octanol–water partition coefficient (Wildman–Crippen LogP) is 3.67. The van der Waals surface area contributed by atoms with Gasteiger partial charge in [0.2, 0.25) is 0 Å². The summed E-state index contributed by atoms with van der Waals surface area (Å²) < 4.78 is 23.2. The molecule has 1 aromatic heterocycles. The Bertz CT molecular complexity index is 1670. The maximum atomic E-state index is 12.5. The van der Waals surface area contributed by atoms with E-state index in [0.717, 1.165) is 28.9 Å². The van der Waals surface area contributed by atoms with Crippen LogP contribution in [0.3, 0.4) is 0 Å². The van der Waals surface area contributed by atoms with Crippen LogP contribution in [-0.4, -0.2) is 51.4 Å². The van der Waals surface area contributed by atoms with Crippen molar-refractivity contribution in [2.24, 2.45) is 0 Å². The second kappa shape index (κ2) is 12.0. The van der Waals surface area contributed by atoms with Gasteiger partial charge in [0.25, 0.3) is 0 Å². The fourth-order valence-corrected chi connectivity index (χ4v) is 5.31. The first-order valence-corrected chi connectivity index (χ1v) is 13.8. The van der Waals surface area contributed by atoms with Crippen molar-refractivity contribution in [1.82, 2.24) is 0 Å². The van der Waals surface area contributed by atoms with Gasteiger partial charge in [-0.05, 0) is 24.3 Å². The van der Waals surface area contributed by atoms with Crippen LogP contribution in [0.5, 0.6) is 11.5 Å². The highest BCUT2D eigenvalue weighted by Crippen LogP contribution is 2.47. The number of fused-ring (bicyclic) bond motifs is 2. The highest BCUT2D eigenvalue weighted by atomic mass is 16.7. The lowest BCUT2D eigenvalue weighted by atomic mass is 9.91. The van der Waals surface area contributed by atoms with Gasteiger partial charge in [-0.1, -0.05) is 84.9 Å². The molecule has 5 atom stereocenters. The average molecular weight is 583 g/mol. The largest absolute Gasteiger partial charge is 0.464 e. The van der Waals surface area contributed by atoms with Crippen LogP contribution in [0.2, 0.25) is 0 Å². The summed E-state index contributed by atoms with van der Waals surface area (Å²) in [5, 5.41) is 39.2. The number of hydrogen-bond donors (Lipinski definition) is 4. The molecule has 0 radical (unpaired) electrons. The Morgan fingerprint density at radius 2 is 1.19 bits per heavy atom. The third-order valence-electron chi connectivity index (χ3n) is 7.57. The van der Waals surface area contributed by atoms with Gasteiger partial charge in [-0.15, -0.1) is 0 Å². The quantitative estimate of drug-likeness (QED) is 0.250. The van der Waals surface area contributed by atoms with Crippen LogP contribution < -0.4 is 14.9 Å². The lowest BCUT2D eigenvalue weighted by Crippen LogP contribution is -2.55. The first-order valence-electron chi connectivity index (χ1n) is 13.8. The lowest BCUT2D eigenvalue weighted by Gasteiger charge is -2.39. The molecule has 0 saturated carbocycles. The number of aliphatic hydroxyl groups excluding tert-OH is 4. The summed E-state index contributed by atoms with van der Waals surface area (Å²) >= 11 is 0. The van der Waals surface area contributed by atoms with E-state index in [1.807, 2.05) is 84.9 Å². The zero-order valence-corrected chi connectivity index (χ0v) is 22.9. The second-order valence-electron chi connectivity index (χ2n) is 10.3. The van der Waals surface area contributed by atoms with E-state index in [0.29, 0.717) is 11.0 Å². The highest BCUT2D eigenvalue weighted by Gasteiger charge is 2.46. The Kier molecular flexibility index (Phi) is 7.98. The van der Waals surface area contributed by atoms with Gasteiger partial charge in [-0.25, -0.2) is 0 Å². The molecule has 43 heavy (non-hydrogen) atoms. The SMILES string of the molecule is O=c1c([C@@H]2O[C@H](CO)[C@@H](O)[C@H](O)[C@H]2O)coc2ccccc12.c1ccc(C2(c3ccccc3)Oc3ccccc3O2)cc1. The van der Waals surface area contributed by atoms with Crippen LogP contribution >= 0.6 is 0 Å². The van der Waals surface area contributed by atoms with Crippen LogP contribution in [0.1, 0.15) is 22.8 Å². The number of hydrogen-bond acceptors (Lipinski definition) is 9. The molecule has 1 saturated heterocycles. The Morgan fingerprint density at radius 3 is 1.77 bits per heavy atom. The van der Waals surface area contributed by atoms with Crippen LogP contribution in [0.4, 0.5) is 0 Å². The number of aliphatic hydroxyl groups is 4. The van der Waals surface area contributed by atoms with Crippen LogP contribution in [0, 0.1) is 0 Å². The van der Waals surface area contributed by atoms with Gasteiger partial charge in [-0.2, -0.15) is 0 Å². The van der Waals surface area contributed by atoms with E-state index in [1.54, 1.807) is 24.3 Å². The monoisotopic (exact) mass is 582 g/mol. The zero-order chi connectivity index (χ0) is 30.0. The Morgan fingerprint density at radius 1 is 0.651 bits per heavy atom. The van der Waals surface area contributed by atoms with Crippen LogP contribution in [-0.2, 0) is 10.5 Å². The molecule has 3 heterocycles. The Hall–Kier alpha value is -4.51. The van der Waals surface area contributed by atoms with Gasteiger partial charge in [0.1, 0.15) is 42.4 Å². The van der Waals surface area contributed by atoms with Gasteiger partial charge in [0, 0.05) is 11.1 Å². The van der Waals surface area contributed by atoms with E-state index in [1.165, 1.54) is 0 Å². The molecule has 4 aromatic carbocycles. The van der Waals surface area contributed by atoms with Gasteiger partial charge < -0.3 is 39.1 Å². The smallest absolute Gasteiger partial charge is 0.305 e. The van der Waals surface area contributed by atoms with E-state index in [2.05, 4.69) is 0 Å². The molecule has 0 spiro atoms. The van der Waals surface area contributed by atoms with Crippen molar-refractivity contribution in [3.05, 3.63) is 142 Å². The zero-order valence-electron chi connectivity index (χ0n) is 22.9. The molecule has 0 amide bonds. The molecule has 220 valence electrons. The summed E-state index contributed by atoms with van der Waals surface area (Å²) in [5.41, 5.74) is 1.97. The first kappa shape index (κ1) is 28.6. The number of para-hydroxylation sites is 3. The molecular weight excluding hydrogens is 552 g/mol. The summed E-state index contributed by atoms with van der Waals surface area (Å²) in [7, 11) is 0. The summed E-state index contributed by atoms with van der Waals surface area (Å²) in [6, 6.07) is 34.5. The number of ether oxygens (including phenoxy) is 3. The van der Waals surface area contributed by atoms with Gasteiger partial charge in [-0.3, -0.25) is 4.79 Å². The summed E-state index contributed by atoms with van der Waals surface area (Å²) in [6.07, 6.45) is -5.63. The highest BCUT2D eigenvalue weighted by molar-refractivity contribution is 5.76. The molecule has 9 heteroatoms. The summed E-state index contributed by atoms with van der Waals surface area (Å²) in [6.45, 7) is -0.555. The van der Waals surface area contributed by atoms with Gasteiger partial charge in [0.05, 0.1) is 17.6 Å². The molecule has 4 N–H and O–H groups in total. The van der Waals surface area contributed by atoms with Crippen LogP contribution in [0.25, 0.3) is 11.0 Å². The minimum Gasteiger partial charge on any atom is -0.464 e. The molecule has 0 unspecified atom stereocenters. The van der Waals surface area contributed by atoms with E-state index in [-0.39, 0.29) is 5.56 Å². The first-order chi connectivity index (χ1) is 20.9. The van der Waals surface area contributed by atoms with Crippen molar-refractivity contribution >= 4 is 11.0 Å². The fourth-order valence-electron chi connectivity index (χ4n) is 5.31. The summed E-state index contributed by atoms with van der Waals surface area (Å²) in [5.74, 6) is 0.627. The van der Waals surface area contributed by atoms with Crippen molar-refractivity contribution in [3.8, 4) is 11.5 Å². The van der Waals surface area contributed by atoms with Crippen molar-refractivity contribution in [3.63, 3.8) is 0 Å². The molecule has 2 aliphatic rings. The predicted molar refractivity (Wildman–Crippen MR) is 157 cm³/mol. The average Bonchev–Trinajstić information content (AvgIpc) is 3.47. The van der Waals surface area contributed by atoms with Crippen molar-refractivity contribution < 1.29 is 39.1 Å². The maximum absolute atomic E-state index is 12.5. The van der Waals surface area contributed by atoms with Crippen molar-refractivity contribution in [1.29, 1.82) is 0 Å².